The molecular formula is C21H29N3O5. The maximum absolute atomic E-state index is 12.5. The van der Waals surface area contributed by atoms with Crippen LogP contribution in [0.1, 0.15) is 29.1 Å². The largest absolute Gasteiger partial charge is 0.497 e. The molecule has 1 amide bonds. The Labute approximate surface area is 171 Å². The maximum Gasteiger partial charge on any atom is 0.275 e. The fraction of sp³-hybridized carbons (Fsp3) is 0.524. The topological polar surface area (TPSA) is 77.3 Å². The summed E-state index contributed by atoms with van der Waals surface area (Å²) in [6, 6.07) is 8.93. The van der Waals surface area contributed by atoms with Crippen molar-refractivity contribution in [1.29, 1.82) is 0 Å². The van der Waals surface area contributed by atoms with Crippen LogP contribution in [0.2, 0.25) is 0 Å². The first kappa shape index (κ1) is 21.1. The number of unbranched alkanes of at least 4 members (excludes halogenated alkanes) is 1. The van der Waals surface area contributed by atoms with Crippen LogP contribution in [0.15, 0.2) is 34.9 Å². The van der Waals surface area contributed by atoms with E-state index >= 15 is 0 Å². The van der Waals surface area contributed by atoms with Crippen LogP contribution in [0.4, 0.5) is 0 Å². The number of ether oxygens (including phenoxy) is 3. The minimum atomic E-state index is -0.146. The van der Waals surface area contributed by atoms with E-state index in [9.17, 15) is 4.79 Å². The number of methoxy groups -OCH3 is 1. The number of benzene rings is 1. The molecule has 1 aliphatic heterocycles. The molecule has 0 atom stereocenters. The number of aromatic nitrogens is 1. The summed E-state index contributed by atoms with van der Waals surface area (Å²) in [4.78, 5) is 16.6. The molecule has 2 aromatic rings. The number of morpholine rings is 1. The van der Waals surface area contributed by atoms with Crippen molar-refractivity contribution in [3.63, 3.8) is 0 Å². The predicted octanol–water partition coefficient (Wildman–Crippen LogP) is 2.45. The minimum Gasteiger partial charge on any atom is -0.497 e. The van der Waals surface area contributed by atoms with Crippen LogP contribution in [0, 0.1) is 0 Å². The Morgan fingerprint density at radius 3 is 2.79 bits per heavy atom. The molecule has 8 nitrogen and oxygen atoms in total. The SMILES string of the molecule is COc1cccc(OCc2cc(C(=O)N(C)CCCCN3CCOCC3)no2)c1. The molecular weight excluding hydrogens is 374 g/mol. The van der Waals surface area contributed by atoms with Crippen LogP contribution >= 0.6 is 0 Å². The summed E-state index contributed by atoms with van der Waals surface area (Å²) >= 11 is 0. The van der Waals surface area contributed by atoms with Gasteiger partial charge >= 0.3 is 0 Å². The molecule has 3 rings (SSSR count). The summed E-state index contributed by atoms with van der Waals surface area (Å²) in [6.07, 6.45) is 2.00. The lowest BCUT2D eigenvalue weighted by Gasteiger charge is -2.26. The molecule has 1 saturated heterocycles. The summed E-state index contributed by atoms with van der Waals surface area (Å²) in [7, 11) is 3.39. The molecule has 29 heavy (non-hydrogen) atoms. The van der Waals surface area contributed by atoms with Crippen molar-refractivity contribution in [1.82, 2.24) is 15.0 Å². The quantitative estimate of drug-likeness (QED) is 0.564. The van der Waals surface area contributed by atoms with E-state index in [0.29, 0.717) is 29.5 Å². The van der Waals surface area contributed by atoms with Gasteiger partial charge in [-0.15, -0.1) is 0 Å². The van der Waals surface area contributed by atoms with Gasteiger partial charge in [-0.05, 0) is 31.5 Å². The molecule has 8 heteroatoms. The van der Waals surface area contributed by atoms with Gasteiger partial charge in [-0.3, -0.25) is 9.69 Å². The van der Waals surface area contributed by atoms with E-state index in [2.05, 4.69) is 10.1 Å². The van der Waals surface area contributed by atoms with E-state index in [0.717, 1.165) is 45.7 Å². The number of hydrogen-bond donors (Lipinski definition) is 0. The highest BCUT2D eigenvalue weighted by Crippen LogP contribution is 2.20. The van der Waals surface area contributed by atoms with Crippen LogP contribution in [0.3, 0.4) is 0 Å². The second-order valence-electron chi connectivity index (χ2n) is 7.03. The van der Waals surface area contributed by atoms with Gasteiger partial charge in [0.1, 0.15) is 18.1 Å². The summed E-state index contributed by atoms with van der Waals surface area (Å²) in [5.41, 5.74) is 0.296. The lowest BCUT2D eigenvalue weighted by Crippen LogP contribution is -2.37. The molecule has 0 bridgehead atoms. The maximum atomic E-state index is 12.5. The average molecular weight is 403 g/mol. The van der Waals surface area contributed by atoms with E-state index in [4.69, 9.17) is 18.7 Å². The van der Waals surface area contributed by atoms with E-state index in [1.165, 1.54) is 0 Å². The van der Waals surface area contributed by atoms with Gasteiger partial charge in [0.15, 0.2) is 11.5 Å². The van der Waals surface area contributed by atoms with Crippen molar-refractivity contribution in [2.24, 2.45) is 0 Å². The fourth-order valence-electron chi connectivity index (χ4n) is 3.13. The summed E-state index contributed by atoms with van der Waals surface area (Å²) in [5.74, 6) is 1.72. The van der Waals surface area contributed by atoms with Gasteiger partial charge < -0.3 is 23.6 Å². The lowest BCUT2D eigenvalue weighted by molar-refractivity contribution is 0.0369. The fourth-order valence-corrected chi connectivity index (χ4v) is 3.13. The van der Waals surface area contributed by atoms with Gasteiger partial charge in [0.05, 0.1) is 20.3 Å². The van der Waals surface area contributed by atoms with Gasteiger partial charge in [-0.2, -0.15) is 0 Å². The number of nitrogens with zero attached hydrogens (tertiary/aromatic N) is 3. The normalized spacial score (nSPS) is 14.6. The smallest absolute Gasteiger partial charge is 0.275 e. The molecule has 1 aromatic heterocycles. The summed E-state index contributed by atoms with van der Waals surface area (Å²) in [6.45, 7) is 5.54. The molecule has 1 fully saturated rings. The Morgan fingerprint density at radius 2 is 2.00 bits per heavy atom. The summed E-state index contributed by atoms with van der Waals surface area (Å²) in [5, 5.41) is 3.89. The van der Waals surface area contributed by atoms with E-state index < -0.39 is 0 Å². The van der Waals surface area contributed by atoms with Crippen LogP contribution in [0.25, 0.3) is 0 Å². The second kappa shape index (κ2) is 10.8. The van der Waals surface area contributed by atoms with Gasteiger partial charge in [-0.25, -0.2) is 0 Å². The predicted molar refractivity (Wildman–Crippen MR) is 107 cm³/mol. The van der Waals surface area contributed by atoms with Gasteiger partial charge in [0.2, 0.25) is 0 Å². The average Bonchev–Trinajstić information content (AvgIpc) is 3.24. The van der Waals surface area contributed by atoms with Crippen LogP contribution in [-0.2, 0) is 11.3 Å². The van der Waals surface area contributed by atoms with Crippen LogP contribution in [0.5, 0.6) is 11.5 Å². The van der Waals surface area contributed by atoms with Crippen molar-refractivity contribution < 1.29 is 23.5 Å². The number of rotatable bonds is 10. The van der Waals surface area contributed by atoms with E-state index in [1.54, 1.807) is 31.2 Å². The third-order valence-electron chi connectivity index (χ3n) is 4.87. The Hall–Kier alpha value is -2.58. The number of amides is 1. The number of hydrogen-bond acceptors (Lipinski definition) is 7. The highest BCUT2D eigenvalue weighted by molar-refractivity contribution is 5.92. The molecule has 0 N–H and O–H groups in total. The van der Waals surface area contributed by atoms with E-state index in [-0.39, 0.29) is 12.5 Å². The molecule has 158 valence electrons. The van der Waals surface area contributed by atoms with Crippen molar-refractivity contribution in [3.05, 3.63) is 41.8 Å². The van der Waals surface area contributed by atoms with Crippen molar-refractivity contribution in [2.45, 2.75) is 19.4 Å². The van der Waals surface area contributed by atoms with Crippen molar-refractivity contribution in [2.75, 3.05) is 53.6 Å². The first-order chi connectivity index (χ1) is 14.2. The molecule has 2 heterocycles. The van der Waals surface area contributed by atoms with E-state index in [1.807, 2.05) is 18.2 Å². The second-order valence-corrected chi connectivity index (χ2v) is 7.03. The zero-order valence-electron chi connectivity index (χ0n) is 17.1. The number of carbonyl (C=O) groups is 1. The highest BCUT2D eigenvalue weighted by atomic mass is 16.5. The lowest BCUT2D eigenvalue weighted by atomic mass is 10.2. The van der Waals surface area contributed by atoms with Gasteiger partial charge in [0.25, 0.3) is 5.91 Å². The molecule has 0 aliphatic carbocycles. The molecule has 0 unspecified atom stereocenters. The van der Waals surface area contributed by atoms with Crippen LogP contribution in [-0.4, -0.2) is 74.4 Å². The molecule has 0 radical (unpaired) electrons. The van der Waals surface area contributed by atoms with Gasteiger partial charge in [-0.1, -0.05) is 11.2 Å². The van der Waals surface area contributed by atoms with Crippen LogP contribution < -0.4 is 9.47 Å². The van der Waals surface area contributed by atoms with Crippen molar-refractivity contribution >= 4 is 5.91 Å². The molecule has 1 aliphatic rings. The third kappa shape index (κ3) is 6.47. The molecule has 0 spiro atoms. The van der Waals surface area contributed by atoms with Gasteiger partial charge in [0, 0.05) is 38.8 Å². The first-order valence-corrected chi connectivity index (χ1v) is 9.93. The summed E-state index contributed by atoms with van der Waals surface area (Å²) < 4.78 is 21.4. The minimum absolute atomic E-state index is 0.146. The Bertz CT molecular complexity index is 773. The van der Waals surface area contributed by atoms with Crippen molar-refractivity contribution in [3.8, 4) is 11.5 Å². The molecule has 1 aromatic carbocycles. The molecule has 0 saturated carbocycles. The Kier molecular flexibility index (Phi) is 7.89. The first-order valence-electron chi connectivity index (χ1n) is 9.93. The Balaban J connectivity index is 1.40. The zero-order valence-corrected chi connectivity index (χ0v) is 17.1. The monoisotopic (exact) mass is 403 g/mol. The highest BCUT2D eigenvalue weighted by Gasteiger charge is 2.17. The third-order valence-corrected chi connectivity index (χ3v) is 4.87. The zero-order chi connectivity index (χ0) is 20.5. The Morgan fingerprint density at radius 1 is 1.21 bits per heavy atom. The number of carbonyl (C=O) groups excluding carboxylic acids is 1. The standard InChI is InChI=1S/C21H29N3O5/c1-23(8-3-4-9-24-10-12-27-13-11-24)21(25)20-15-19(29-22-20)16-28-18-7-5-6-17(14-18)26-2/h5-7,14-15H,3-4,8-13,16H2,1-2H3.